The van der Waals surface area contributed by atoms with Gasteiger partial charge in [-0.2, -0.15) is 0 Å². The number of azide groups is 2. The van der Waals surface area contributed by atoms with Crippen LogP contribution >= 0.6 is 0 Å². The zero-order valence-electron chi connectivity index (χ0n) is 7.37. The molecule has 0 aromatic heterocycles. The van der Waals surface area contributed by atoms with E-state index in [-0.39, 0.29) is 6.04 Å². The van der Waals surface area contributed by atoms with Gasteiger partial charge in [0, 0.05) is 22.4 Å². The van der Waals surface area contributed by atoms with E-state index in [4.69, 9.17) is 11.1 Å². The van der Waals surface area contributed by atoms with Crippen LogP contribution in [0.4, 0.5) is 0 Å². The molecular weight excluding hydrogens is 168 g/mol. The molecule has 0 bridgehead atoms. The third kappa shape index (κ3) is 3.69. The largest absolute Gasteiger partial charge is 0.0940 e. The Kier molecular flexibility index (Phi) is 3.96. The normalized spacial score (nSPS) is 24.3. The van der Waals surface area contributed by atoms with E-state index in [1.54, 1.807) is 0 Å². The third-order valence-corrected chi connectivity index (χ3v) is 2.23. The molecular formula is C7H12N6. The van der Waals surface area contributed by atoms with Gasteiger partial charge in [0.25, 0.3) is 0 Å². The molecule has 6 heteroatoms. The Morgan fingerprint density at radius 1 is 1.23 bits per heavy atom. The lowest BCUT2D eigenvalue weighted by Gasteiger charge is -1.94. The lowest BCUT2D eigenvalue weighted by molar-refractivity contribution is 0.619. The van der Waals surface area contributed by atoms with Crippen LogP contribution in [-0.4, -0.2) is 12.6 Å². The Labute approximate surface area is 76.2 Å². The molecule has 1 aliphatic carbocycles. The maximum atomic E-state index is 8.14. The summed E-state index contributed by atoms with van der Waals surface area (Å²) in [4.78, 5) is 5.43. The van der Waals surface area contributed by atoms with Crippen LogP contribution in [0.25, 0.3) is 20.9 Å². The van der Waals surface area contributed by atoms with Crippen molar-refractivity contribution in [2.75, 3.05) is 6.54 Å². The quantitative estimate of drug-likeness (QED) is 0.259. The van der Waals surface area contributed by atoms with Crippen molar-refractivity contribution < 1.29 is 0 Å². The van der Waals surface area contributed by atoms with Crippen LogP contribution in [0.3, 0.4) is 0 Å². The van der Waals surface area contributed by atoms with E-state index in [1.807, 2.05) is 0 Å². The maximum absolute atomic E-state index is 8.14. The predicted molar refractivity (Wildman–Crippen MR) is 48.9 cm³/mol. The summed E-state index contributed by atoms with van der Waals surface area (Å²) in [6.07, 6.45) is 4.11. The molecule has 1 aliphatic rings. The van der Waals surface area contributed by atoms with E-state index in [2.05, 4.69) is 20.1 Å². The molecule has 0 spiro atoms. The molecule has 70 valence electrons. The Bertz CT molecular complexity index is 250. The Morgan fingerprint density at radius 3 is 2.77 bits per heavy atom. The van der Waals surface area contributed by atoms with Crippen LogP contribution < -0.4 is 0 Å². The first-order chi connectivity index (χ1) is 6.38. The minimum Gasteiger partial charge on any atom is -0.0940 e. The molecule has 0 radical (unpaired) electrons. The van der Waals surface area contributed by atoms with E-state index in [1.165, 1.54) is 0 Å². The zero-order valence-corrected chi connectivity index (χ0v) is 7.37. The molecule has 2 unspecified atom stereocenters. The lowest BCUT2D eigenvalue weighted by atomic mass is 10.2. The molecule has 0 amide bonds. The highest BCUT2D eigenvalue weighted by molar-refractivity contribution is 4.92. The topological polar surface area (TPSA) is 97.5 Å². The highest BCUT2D eigenvalue weighted by atomic mass is 15.2. The molecule has 1 rings (SSSR count). The Morgan fingerprint density at radius 2 is 2.08 bits per heavy atom. The smallest absolute Gasteiger partial charge is 0.0405 e. The predicted octanol–water partition coefficient (Wildman–Crippen LogP) is 3.17. The van der Waals surface area contributed by atoms with Crippen molar-refractivity contribution in [2.24, 2.45) is 16.1 Å². The van der Waals surface area contributed by atoms with E-state index < -0.39 is 0 Å². The summed E-state index contributed by atoms with van der Waals surface area (Å²) in [7, 11) is 0. The molecule has 1 saturated carbocycles. The number of hydrogen-bond donors (Lipinski definition) is 0. The monoisotopic (exact) mass is 180 g/mol. The second-order valence-corrected chi connectivity index (χ2v) is 3.22. The number of hydrogen-bond acceptors (Lipinski definition) is 2. The fraction of sp³-hybridized carbons (Fsp3) is 1.00. The second-order valence-electron chi connectivity index (χ2n) is 3.22. The highest BCUT2D eigenvalue weighted by Gasteiger charge is 2.34. The van der Waals surface area contributed by atoms with Crippen LogP contribution in [0.15, 0.2) is 10.2 Å². The Hall–Kier alpha value is -1.38. The first-order valence-electron chi connectivity index (χ1n) is 4.43. The molecule has 0 aromatic rings. The van der Waals surface area contributed by atoms with Gasteiger partial charge in [0.05, 0.1) is 0 Å². The maximum Gasteiger partial charge on any atom is 0.0405 e. The third-order valence-electron chi connectivity index (χ3n) is 2.23. The van der Waals surface area contributed by atoms with Crippen molar-refractivity contribution in [3.05, 3.63) is 20.9 Å². The first-order valence-corrected chi connectivity index (χ1v) is 4.43. The molecule has 1 fully saturated rings. The molecule has 0 saturated heterocycles. The van der Waals surface area contributed by atoms with Gasteiger partial charge in [-0.25, -0.2) is 0 Å². The SMILES string of the molecule is [N-]=[N+]=NCCCCC1CC1N=[N+]=[N-]. The van der Waals surface area contributed by atoms with Gasteiger partial charge in [0.15, 0.2) is 0 Å². The van der Waals surface area contributed by atoms with Crippen LogP contribution in [0.1, 0.15) is 25.7 Å². The molecule has 2 atom stereocenters. The second kappa shape index (κ2) is 5.30. The first kappa shape index (κ1) is 9.71. The molecule has 0 N–H and O–H groups in total. The summed E-state index contributed by atoms with van der Waals surface area (Å²) in [5, 5.41) is 7.07. The number of rotatable bonds is 6. The fourth-order valence-corrected chi connectivity index (χ4v) is 1.38. The van der Waals surface area contributed by atoms with E-state index in [9.17, 15) is 0 Å². The standard InChI is InChI=1S/C7H12N6/c8-12-10-4-2-1-3-6-5-7(6)11-13-9/h6-7H,1-5H2. The van der Waals surface area contributed by atoms with Gasteiger partial charge < -0.3 is 0 Å². The minimum atomic E-state index is 0.240. The summed E-state index contributed by atoms with van der Waals surface area (Å²) in [6, 6.07) is 0.240. The van der Waals surface area contributed by atoms with Crippen LogP contribution in [0.2, 0.25) is 0 Å². The fourth-order valence-electron chi connectivity index (χ4n) is 1.38. The van der Waals surface area contributed by atoms with Crippen molar-refractivity contribution in [3.63, 3.8) is 0 Å². The molecule has 13 heavy (non-hydrogen) atoms. The van der Waals surface area contributed by atoms with Gasteiger partial charge >= 0.3 is 0 Å². The Balaban J connectivity index is 1.96. The van der Waals surface area contributed by atoms with Gasteiger partial charge in [-0.1, -0.05) is 23.1 Å². The number of unbranched alkanes of at least 4 members (excludes halogenated alkanes) is 1. The van der Waals surface area contributed by atoms with Crippen molar-refractivity contribution in [1.82, 2.24) is 0 Å². The van der Waals surface area contributed by atoms with Gasteiger partial charge in [-0.15, -0.1) is 0 Å². The summed E-state index contributed by atoms with van der Waals surface area (Å²) >= 11 is 0. The summed E-state index contributed by atoms with van der Waals surface area (Å²) < 4.78 is 0. The van der Waals surface area contributed by atoms with Crippen molar-refractivity contribution in [1.29, 1.82) is 0 Å². The van der Waals surface area contributed by atoms with Crippen LogP contribution in [0.5, 0.6) is 0 Å². The van der Waals surface area contributed by atoms with Crippen LogP contribution in [-0.2, 0) is 0 Å². The number of nitrogens with zero attached hydrogens (tertiary/aromatic N) is 6. The van der Waals surface area contributed by atoms with Crippen molar-refractivity contribution in [3.8, 4) is 0 Å². The summed E-state index contributed by atoms with van der Waals surface area (Å²) in [5.74, 6) is 0.585. The van der Waals surface area contributed by atoms with E-state index in [0.717, 1.165) is 25.7 Å². The average molecular weight is 180 g/mol. The molecule has 6 nitrogen and oxygen atoms in total. The summed E-state index contributed by atoms with van der Waals surface area (Å²) in [6.45, 7) is 0.579. The molecule has 0 aliphatic heterocycles. The zero-order chi connectivity index (χ0) is 9.52. The summed E-state index contributed by atoms with van der Waals surface area (Å²) in [5.41, 5.74) is 16.1. The van der Waals surface area contributed by atoms with E-state index in [0.29, 0.717) is 12.5 Å². The lowest BCUT2D eigenvalue weighted by Crippen LogP contribution is -1.86. The molecule has 0 heterocycles. The minimum absolute atomic E-state index is 0.240. The average Bonchev–Trinajstić information content (AvgIpc) is 2.84. The van der Waals surface area contributed by atoms with Crippen molar-refractivity contribution >= 4 is 0 Å². The van der Waals surface area contributed by atoms with Crippen molar-refractivity contribution in [2.45, 2.75) is 31.7 Å². The molecule has 0 aromatic carbocycles. The van der Waals surface area contributed by atoms with Gasteiger partial charge in [-0.3, -0.25) is 0 Å². The van der Waals surface area contributed by atoms with Gasteiger partial charge in [-0.05, 0) is 29.8 Å². The van der Waals surface area contributed by atoms with Gasteiger partial charge in [0.1, 0.15) is 0 Å². The van der Waals surface area contributed by atoms with E-state index >= 15 is 0 Å². The van der Waals surface area contributed by atoms with Gasteiger partial charge in [0.2, 0.25) is 0 Å². The highest BCUT2D eigenvalue weighted by Crippen LogP contribution is 2.38. The van der Waals surface area contributed by atoms with Crippen LogP contribution in [0, 0.1) is 5.92 Å².